The maximum atomic E-state index is 13.1. The van der Waals surface area contributed by atoms with Crippen molar-refractivity contribution in [1.29, 1.82) is 0 Å². The Bertz CT molecular complexity index is 1510. The van der Waals surface area contributed by atoms with Gasteiger partial charge in [-0.1, -0.05) is 24.8 Å². The van der Waals surface area contributed by atoms with Crippen molar-refractivity contribution in [3.05, 3.63) is 101 Å². The number of fused-ring (bicyclic) bond motifs is 1. The number of ether oxygens (including phenoxy) is 2. The minimum Gasteiger partial charge on any atom is -0.490 e. The number of amides is 1. The van der Waals surface area contributed by atoms with Crippen molar-refractivity contribution in [2.75, 3.05) is 25.1 Å². The van der Waals surface area contributed by atoms with Crippen LogP contribution in [0.4, 0.5) is 5.69 Å². The van der Waals surface area contributed by atoms with Crippen molar-refractivity contribution >= 4 is 28.4 Å². The van der Waals surface area contributed by atoms with E-state index in [0.717, 1.165) is 5.56 Å². The predicted molar refractivity (Wildman–Crippen MR) is 133 cm³/mol. The number of hydrogen-bond acceptors (Lipinski definition) is 7. The van der Waals surface area contributed by atoms with Crippen LogP contribution in [0.1, 0.15) is 15.9 Å². The number of aromatic nitrogens is 1. The summed E-state index contributed by atoms with van der Waals surface area (Å²) >= 11 is 0. The summed E-state index contributed by atoms with van der Waals surface area (Å²) in [5.41, 5.74) is 2.19. The third-order valence-corrected chi connectivity index (χ3v) is 5.29. The topological polar surface area (TPSA) is 103 Å². The first-order valence-corrected chi connectivity index (χ1v) is 11.0. The minimum absolute atomic E-state index is 0.0912. The van der Waals surface area contributed by atoms with E-state index in [9.17, 15) is 9.59 Å². The molecule has 1 amide bonds. The first-order chi connectivity index (χ1) is 17.1. The molecule has 174 valence electrons. The lowest BCUT2D eigenvalue weighted by molar-refractivity contribution is 0.102. The molecular weight excluding hydrogens is 446 g/mol. The van der Waals surface area contributed by atoms with Gasteiger partial charge in [0.15, 0.2) is 0 Å². The Morgan fingerprint density at radius 1 is 1.09 bits per heavy atom. The number of hydrogen-bond donors (Lipinski definition) is 1. The summed E-state index contributed by atoms with van der Waals surface area (Å²) in [6.45, 7) is 5.12. The Morgan fingerprint density at radius 2 is 1.91 bits per heavy atom. The highest BCUT2D eigenvalue weighted by Gasteiger charge is 2.16. The zero-order valence-electron chi connectivity index (χ0n) is 18.7. The normalized spacial score (nSPS) is 12.6. The van der Waals surface area contributed by atoms with Crippen molar-refractivity contribution < 1.29 is 18.7 Å². The van der Waals surface area contributed by atoms with Crippen LogP contribution in [0, 0.1) is 0 Å². The fraction of sp³-hybridized carbons (Fsp3) is 0.111. The van der Waals surface area contributed by atoms with Gasteiger partial charge in [-0.05, 0) is 54.6 Å². The first-order valence-electron chi connectivity index (χ1n) is 11.0. The van der Waals surface area contributed by atoms with E-state index < -0.39 is 5.63 Å². The Balaban J connectivity index is 1.46. The molecule has 8 nitrogen and oxygen atoms in total. The number of carbonyl (C=O) groups excluding carboxylic acids is 1. The second kappa shape index (κ2) is 9.64. The molecule has 1 aromatic heterocycles. The van der Waals surface area contributed by atoms with Crippen LogP contribution in [-0.2, 0) is 4.74 Å². The van der Waals surface area contributed by atoms with Crippen LogP contribution in [-0.4, -0.2) is 36.5 Å². The van der Waals surface area contributed by atoms with Gasteiger partial charge in [-0.3, -0.25) is 4.79 Å². The maximum absolute atomic E-state index is 13.1. The van der Waals surface area contributed by atoms with Gasteiger partial charge in [-0.2, -0.15) is 0 Å². The fourth-order valence-electron chi connectivity index (χ4n) is 3.64. The third kappa shape index (κ3) is 4.81. The van der Waals surface area contributed by atoms with E-state index in [1.807, 2.05) is 12.1 Å². The molecule has 1 N–H and O–H groups in total. The van der Waals surface area contributed by atoms with E-state index in [2.05, 4.69) is 21.9 Å². The molecule has 0 radical (unpaired) electrons. The fourth-order valence-corrected chi connectivity index (χ4v) is 3.64. The SMILES string of the molecule is C=CCOc1cc(C(=O)Nc2ccc(C3=NCCO3)cc2)cc(-c2nc3ccccc3c(=O)o2)c1. The van der Waals surface area contributed by atoms with Gasteiger partial charge in [0.1, 0.15) is 19.0 Å². The maximum Gasteiger partial charge on any atom is 0.347 e. The number of carbonyl (C=O) groups is 1. The number of benzene rings is 3. The number of para-hydroxylation sites is 1. The van der Waals surface area contributed by atoms with E-state index >= 15 is 0 Å². The molecule has 1 aliphatic heterocycles. The zero-order chi connectivity index (χ0) is 24.2. The molecule has 0 atom stereocenters. The summed E-state index contributed by atoms with van der Waals surface area (Å²) in [6, 6.07) is 19.0. The van der Waals surface area contributed by atoms with Crippen LogP contribution in [0.5, 0.6) is 5.75 Å². The van der Waals surface area contributed by atoms with Gasteiger partial charge >= 0.3 is 5.63 Å². The summed E-state index contributed by atoms with van der Waals surface area (Å²) in [5, 5.41) is 3.25. The smallest absolute Gasteiger partial charge is 0.347 e. The summed E-state index contributed by atoms with van der Waals surface area (Å²) in [4.78, 5) is 34.3. The number of rotatable bonds is 7. The van der Waals surface area contributed by atoms with Gasteiger partial charge in [0.2, 0.25) is 11.8 Å². The van der Waals surface area contributed by atoms with E-state index in [4.69, 9.17) is 13.9 Å². The Labute approximate surface area is 200 Å². The van der Waals surface area contributed by atoms with Crippen LogP contribution in [0.25, 0.3) is 22.4 Å². The molecule has 3 aromatic carbocycles. The summed E-state index contributed by atoms with van der Waals surface area (Å²) in [5.74, 6) is 0.745. The lowest BCUT2D eigenvalue weighted by Crippen LogP contribution is -2.13. The van der Waals surface area contributed by atoms with Gasteiger partial charge in [-0.15, -0.1) is 0 Å². The number of nitrogens with one attached hydrogen (secondary N) is 1. The highest BCUT2D eigenvalue weighted by molar-refractivity contribution is 6.05. The molecule has 0 bridgehead atoms. The van der Waals surface area contributed by atoms with Crippen molar-refractivity contribution in [3.63, 3.8) is 0 Å². The molecule has 1 aliphatic rings. The first kappa shape index (κ1) is 22.1. The molecule has 0 fully saturated rings. The van der Waals surface area contributed by atoms with Crippen LogP contribution < -0.4 is 15.7 Å². The second-order valence-electron chi connectivity index (χ2n) is 7.74. The average molecular weight is 467 g/mol. The third-order valence-electron chi connectivity index (χ3n) is 5.29. The molecule has 0 unspecified atom stereocenters. The molecule has 2 heterocycles. The molecule has 4 aromatic rings. The number of anilines is 1. The molecule has 0 saturated carbocycles. The molecular formula is C27H21N3O5. The summed E-state index contributed by atoms with van der Waals surface area (Å²) < 4.78 is 16.6. The van der Waals surface area contributed by atoms with Crippen molar-refractivity contribution in [2.45, 2.75) is 0 Å². The Kier molecular flexibility index (Phi) is 6.09. The Hall–Kier alpha value is -4.72. The number of aliphatic imine (C=N–C) groups is 1. The lowest BCUT2D eigenvalue weighted by atomic mass is 10.1. The lowest BCUT2D eigenvalue weighted by Gasteiger charge is -2.11. The van der Waals surface area contributed by atoms with Crippen LogP contribution in [0.2, 0.25) is 0 Å². The zero-order valence-corrected chi connectivity index (χ0v) is 18.7. The Morgan fingerprint density at radius 3 is 2.69 bits per heavy atom. The van der Waals surface area contributed by atoms with Crippen molar-refractivity contribution in [1.82, 2.24) is 4.98 Å². The van der Waals surface area contributed by atoms with Gasteiger partial charge < -0.3 is 19.2 Å². The highest BCUT2D eigenvalue weighted by Crippen LogP contribution is 2.26. The molecule has 0 spiro atoms. The van der Waals surface area contributed by atoms with Crippen molar-refractivity contribution in [3.8, 4) is 17.2 Å². The average Bonchev–Trinajstić information content (AvgIpc) is 3.43. The van der Waals surface area contributed by atoms with Gasteiger partial charge in [0, 0.05) is 22.4 Å². The van der Waals surface area contributed by atoms with E-state index in [-0.39, 0.29) is 18.4 Å². The number of nitrogens with zero attached hydrogens (tertiary/aromatic N) is 2. The van der Waals surface area contributed by atoms with Crippen LogP contribution in [0.15, 0.2) is 93.6 Å². The van der Waals surface area contributed by atoms with Crippen molar-refractivity contribution in [2.24, 2.45) is 4.99 Å². The molecule has 35 heavy (non-hydrogen) atoms. The van der Waals surface area contributed by atoms with Gasteiger partial charge in [0.05, 0.1) is 17.4 Å². The molecule has 0 saturated heterocycles. The minimum atomic E-state index is -0.509. The van der Waals surface area contributed by atoms with Gasteiger partial charge in [-0.25, -0.2) is 14.8 Å². The summed E-state index contributed by atoms with van der Waals surface area (Å²) in [7, 11) is 0. The van der Waals surface area contributed by atoms with E-state index in [0.29, 0.717) is 52.5 Å². The summed E-state index contributed by atoms with van der Waals surface area (Å²) in [6.07, 6.45) is 1.60. The standard InChI is InChI=1S/C27H21N3O5/c1-2-12-33-21-15-18(24(31)29-20-9-7-17(8-10-20)25-28-11-13-34-25)14-19(16-21)26-30-23-6-4-3-5-22(23)27(32)35-26/h2-10,14-16H,1,11-13H2,(H,29,31). The van der Waals surface area contributed by atoms with Crippen LogP contribution in [0.3, 0.4) is 0 Å². The van der Waals surface area contributed by atoms with E-state index in [1.165, 1.54) is 0 Å². The molecule has 8 heteroatoms. The second-order valence-corrected chi connectivity index (χ2v) is 7.74. The predicted octanol–water partition coefficient (Wildman–Crippen LogP) is 4.45. The quantitative estimate of drug-likeness (QED) is 0.403. The monoisotopic (exact) mass is 467 g/mol. The van der Waals surface area contributed by atoms with Gasteiger partial charge in [0.25, 0.3) is 5.91 Å². The van der Waals surface area contributed by atoms with Crippen LogP contribution >= 0.6 is 0 Å². The largest absolute Gasteiger partial charge is 0.490 e. The highest BCUT2D eigenvalue weighted by atomic mass is 16.5. The molecule has 5 rings (SSSR count). The molecule has 0 aliphatic carbocycles. The van der Waals surface area contributed by atoms with E-state index in [1.54, 1.807) is 60.7 Å².